The summed E-state index contributed by atoms with van der Waals surface area (Å²) < 4.78 is 7.25. The summed E-state index contributed by atoms with van der Waals surface area (Å²) in [6.45, 7) is 4.16. The molecular weight excluding hydrogens is 348 g/mol. The van der Waals surface area contributed by atoms with Crippen molar-refractivity contribution in [3.05, 3.63) is 81.7 Å². The van der Waals surface area contributed by atoms with Crippen molar-refractivity contribution in [1.82, 2.24) is 9.78 Å². The second kappa shape index (κ2) is 7.69. The number of carbonyl (C=O) groups is 1. The molecule has 1 amide bonds. The Balaban J connectivity index is 1.61. The maximum absolute atomic E-state index is 12.3. The van der Waals surface area contributed by atoms with Crippen LogP contribution in [0.25, 0.3) is 0 Å². The molecule has 138 valence electrons. The molecular formula is C19H18N4O4. The number of benzene rings is 2. The number of amides is 1. The Morgan fingerprint density at radius 1 is 1.19 bits per heavy atom. The fourth-order valence-electron chi connectivity index (χ4n) is 2.51. The second-order valence-electron chi connectivity index (χ2n) is 6.04. The zero-order valence-electron chi connectivity index (χ0n) is 14.9. The highest BCUT2D eigenvalue weighted by atomic mass is 16.6. The van der Waals surface area contributed by atoms with Crippen LogP contribution in [0.15, 0.2) is 54.7 Å². The molecule has 8 nitrogen and oxygen atoms in total. The van der Waals surface area contributed by atoms with Gasteiger partial charge in [0.25, 0.3) is 11.6 Å². The molecule has 0 bridgehead atoms. The minimum atomic E-state index is -0.497. The number of hydrogen-bond donors (Lipinski definition) is 1. The molecule has 0 aliphatic carbocycles. The molecule has 3 rings (SSSR count). The lowest BCUT2D eigenvalue weighted by Gasteiger charge is -2.09. The molecule has 27 heavy (non-hydrogen) atoms. The molecule has 8 heteroatoms. The van der Waals surface area contributed by atoms with Crippen molar-refractivity contribution in [1.29, 1.82) is 0 Å². The summed E-state index contributed by atoms with van der Waals surface area (Å²) in [6.07, 6.45) is 1.65. The lowest BCUT2D eigenvalue weighted by atomic mass is 10.1. The molecule has 0 aliphatic rings. The van der Waals surface area contributed by atoms with Crippen LogP contribution in [-0.4, -0.2) is 20.6 Å². The molecule has 0 aliphatic heterocycles. The highest BCUT2D eigenvalue weighted by Crippen LogP contribution is 2.19. The Morgan fingerprint density at radius 3 is 2.59 bits per heavy atom. The molecule has 2 aromatic carbocycles. The van der Waals surface area contributed by atoms with Gasteiger partial charge in [0.15, 0.2) is 12.4 Å². The van der Waals surface area contributed by atoms with Crippen LogP contribution in [-0.2, 0) is 6.73 Å². The van der Waals surface area contributed by atoms with Gasteiger partial charge in [-0.15, -0.1) is 0 Å². The van der Waals surface area contributed by atoms with Crippen LogP contribution in [0.2, 0.25) is 0 Å². The number of nitrogens with one attached hydrogen (secondary N) is 1. The van der Waals surface area contributed by atoms with E-state index in [0.29, 0.717) is 5.69 Å². The van der Waals surface area contributed by atoms with Gasteiger partial charge in [0.1, 0.15) is 5.75 Å². The number of ether oxygens (including phenoxy) is 1. The minimum Gasteiger partial charge on any atom is -0.471 e. The van der Waals surface area contributed by atoms with Gasteiger partial charge in [0, 0.05) is 24.0 Å². The van der Waals surface area contributed by atoms with E-state index in [1.54, 1.807) is 12.3 Å². The molecule has 0 radical (unpaired) electrons. The van der Waals surface area contributed by atoms with E-state index in [1.807, 2.05) is 32.0 Å². The van der Waals surface area contributed by atoms with E-state index in [-0.39, 0.29) is 18.1 Å². The molecule has 0 saturated heterocycles. The predicted molar refractivity (Wildman–Crippen MR) is 99.8 cm³/mol. The number of anilines is 1. The molecule has 3 aromatic rings. The van der Waals surface area contributed by atoms with E-state index in [2.05, 4.69) is 10.4 Å². The van der Waals surface area contributed by atoms with E-state index < -0.39 is 10.8 Å². The number of rotatable bonds is 6. The Kier molecular flexibility index (Phi) is 5.16. The standard InChI is InChI=1S/C19H18N4O4/c1-13-3-8-18(14(2)11-13)27-12-22-10-9-17(21-22)19(24)20-15-4-6-16(7-5-15)23(25)26/h3-11H,12H2,1-2H3,(H,20,24). The number of hydrogen-bond acceptors (Lipinski definition) is 5. The van der Waals surface area contributed by atoms with Crippen molar-refractivity contribution in [2.75, 3.05) is 5.32 Å². The lowest BCUT2D eigenvalue weighted by Crippen LogP contribution is -2.14. The molecule has 1 heterocycles. The highest BCUT2D eigenvalue weighted by Gasteiger charge is 2.11. The number of carbonyl (C=O) groups excluding carboxylic acids is 1. The van der Waals surface area contributed by atoms with Gasteiger partial charge in [-0.2, -0.15) is 5.10 Å². The first-order valence-corrected chi connectivity index (χ1v) is 8.22. The van der Waals surface area contributed by atoms with Crippen molar-refractivity contribution in [3.8, 4) is 5.75 Å². The number of nitrogens with zero attached hydrogens (tertiary/aromatic N) is 3. The van der Waals surface area contributed by atoms with Crippen LogP contribution in [0.5, 0.6) is 5.75 Å². The topological polar surface area (TPSA) is 99.3 Å². The van der Waals surface area contributed by atoms with E-state index in [9.17, 15) is 14.9 Å². The van der Waals surface area contributed by atoms with Crippen LogP contribution in [0, 0.1) is 24.0 Å². The third-order valence-corrected chi connectivity index (χ3v) is 3.89. The van der Waals surface area contributed by atoms with Gasteiger partial charge >= 0.3 is 0 Å². The number of nitro groups is 1. The maximum Gasteiger partial charge on any atom is 0.276 e. The molecule has 0 fully saturated rings. The predicted octanol–water partition coefficient (Wildman–Crippen LogP) is 3.70. The summed E-state index contributed by atoms with van der Waals surface area (Å²) in [4.78, 5) is 22.4. The van der Waals surface area contributed by atoms with Crippen molar-refractivity contribution >= 4 is 17.3 Å². The van der Waals surface area contributed by atoms with Gasteiger partial charge in [0.2, 0.25) is 0 Å². The molecule has 0 unspecified atom stereocenters. The van der Waals surface area contributed by atoms with Crippen molar-refractivity contribution in [3.63, 3.8) is 0 Å². The lowest BCUT2D eigenvalue weighted by molar-refractivity contribution is -0.384. The summed E-state index contributed by atoms with van der Waals surface area (Å²) >= 11 is 0. The van der Waals surface area contributed by atoms with Crippen molar-refractivity contribution < 1.29 is 14.5 Å². The first-order valence-electron chi connectivity index (χ1n) is 8.22. The fourth-order valence-corrected chi connectivity index (χ4v) is 2.51. The summed E-state index contributed by atoms with van der Waals surface area (Å²) in [5.74, 6) is 0.349. The Hall–Kier alpha value is -3.68. The Labute approximate surface area is 155 Å². The maximum atomic E-state index is 12.3. The molecule has 0 spiro atoms. The summed E-state index contributed by atoms with van der Waals surface area (Å²) in [6, 6.07) is 13.1. The summed E-state index contributed by atoms with van der Waals surface area (Å²) in [5, 5.41) is 17.5. The van der Waals surface area contributed by atoms with Gasteiger partial charge in [-0.25, -0.2) is 4.68 Å². The SMILES string of the molecule is Cc1ccc(OCn2ccc(C(=O)Nc3ccc([N+](=O)[O-])cc3)n2)c(C)c1. The number of nitro benzene ring substituents is 1. The number of aryl methyl sites for hydroxylation is 2. The summed E-state index contributed by atoms with van der Waals surface area (Å²) in [7, 11) is 0. The summed E-state index contributed by atoms with van der Waals surface area (Å²) in [5.41, 5.74) is 2.81. The van der Waals surface area contributed by atoms with Gasteiger partial charge in [-0.3, -0.25) is 14.9 Å². The largest absolute Gasteiger partial charge is 0.471 e. The first kappa shape index (κ1) is 18.1. The fraction of sp³-hybridized carbons (Fsp3) is 0.158. The zero-order chi connectivity index (χ0) is 19.4. The van der Waals surface area contributed by atoms with Crippen LogP contribution in [0.1, 0.15) is 21.6 Å². The average molecular weight is 366 g/mol. The third kappa shape index (κ3) is 4.49. The number of non-ortho nitro benzene ring substituents is 1. The van der Waals surface area contributed by atoms with Crippen molar-refractivity contribution in [2.24, 2.45) is 0 Å². The van der Waals surface area contributed by atoms with E-state index in [0.717, 1.165) is 16.9 Å². The Morgan fingerprint density at radius 2 is 1.93 bits per heavy atom. The zero-order valence-corrected chi connectivity index (χ0v) is 14.9. The normalized spacial score (nSPS) is 10.4. The van der Waals surface area contributed by atoms with E-state index in [1.165, 1.54) is 28.9 Å². The highest BCUT2D eigenvalue weighted by molar-refractivity contribution is 6.02. The number of aromatic nitrogens is 2. The molecule has 0 atom stereocenters. The van der Waals surface area contributed by atoms with Crippen molar-refractivity contribution in [2.45, 2.75) is 20.6 Å². The van der Waals surface area contributed by atoms with Gasteiger partial charge in [0.05, 0.1) is 4.92 Å². The van der Waals surface area contributed by atoms with Crippen LogP contribution in [0.4, 0.5) is 11.4 Å². The van der Waals surface area contributed by atoms with Gasteiger partial charge in [-0.05, 0) is 43.7 Å². The van der Waals surface area contributed by atoms with Crippen LogP contribution < -0.4 is 10.1 Å². The van der Waals surface area contributed by atoms with Crippen LogP contribution >= 0.6 is 0 Å². The first-order chi connectivity index (χ1) is 12.9. The van der Waals surface area contributed by atoms with Gasteiger partial charge in [-0.1, -0.05) is 17.7 Å². The monoisotopic (exact) mass is 366 g/mol. The third-order valence-electron chi connectivity index (χ3n) is 3.89. The quantitative estimate of drug-likeness (QED) is 0.530. The van der Waals surface area contributed by atoms with E-state index >= 15 is 0 Å². The Bertz CT molecular complexity index is 980. The average Bonchev–Trinajstić information content (AvgIpc) is 3.10. The van der Waals surface area contributed by atoms with Crippen LogP contribution in [0.3, 0.4) is 0 Å². The van der Waals surface area contributed by atoms with E-state index in [4.69, 9.17) is 4.74 Å². The second-order valence-corrected chi connectivity index (χ2v) is 6.04. The smallest absolute Gasteiger partial charge is 0.276 e. The molecule has 1 aromatic heterocycles. The minimum absolute atomic E-state index is 0.0409. The molecule has 0 saturated carbocycles. The molecule has 1 N–H and O–H groups in total. The van der Waals surface area contributed by atoms with Gasteiger partial charge < -0.3 is 10.1 Å².